The van der Waals surface area contributed by atoms with Crippen molar-refractivity contribution in [2.24, 2.45) is 11.8 Å². The molecular formula is C15H27NO. The lowest BCUT2D eigenvalue weighted by molar-refractivity contribution is -0.133. The third-order valence-electron chi connectivity index (χ3n) is 2.78. The van der Waals surface area contributed by atoms with E-state index < -0.39 is 0 Å². The van der Waals surface area contributed by atoms with Crippen LogP contribution in [0.4, 0.5) is 0 Å². The van der Waals surface area contributed by atoms with Crippen LogP contribution in [0.5, 0.6) is 0 Å². The van der Waals surface area contributed by atoms with Crippen LogP contribution in [0.1, 0.15) is 53.9 Å². The van der Waals surface area contributed by atoms with E-state index in [2.05, 4.69) is 25.7 Å². The Balaban J connectivity index is 0.00000121. The van der Waals surface area contributed by atoms with Gasteiger partial charge in [-0.3, -0.25) is 4.79 Å². The van der Waals surface area contributed by atoms with E-state index in [1.807, 2.05) is 25.7 Å². The predicted octanol–water partition coefficient (Wildman–Crippen LogP) is 3.32. The van der Waals surface area contributed by atoms with Crippen molar-refractivity contribution in [2.75, 3.05) is 13.1 Å². The lowest BCUT2D eigenvalue weighted by atomic mass is 9.97. The summed E-state index contributed by atoms with van der Waals surface area (Å²) in [6, 6.07) is 0. The van der Waals surface area contributed by atoms with Gasteiger partial charge in [-0.2, -0.15) is 0 Å². The fraction of sp³-hybridized carbons (Fsp3) is 0.800. The minimum atomic E-state index is 0.313. The molecule has 0 aliphatic carbocycles. The zero-order valence-corrected chi connectivity index (χ0v) is 12.0. The second-order valence-corrected chi connectivity index (χ2v) is 4.65. The molecule has 0 unspecified atom stereocenters. The summed E-state index contributed by atoms with van der Waals surface area (Å²) >= 11 is 0. The molecule has 1 heterocycles. The largest absolute Gasteiger partial charge is 0.343 e. The van der Waals surface area contributed by atoms with E-state index in [0.29, 0.717) is 24.2 Å². The summed E-state index contributed by atoms with van der Waals surface area (Å²) in [5.41, 5.74) is 0. The van der Waals surface area contributed by atoms with Crippen molar-refractivity contribution in [1.29, 1.82) is 0 Å². The first kappa shape index (κ1) is 16.0. The van der Waals surface area contributed by atoms with Crippen molar-refractivity contribution in [2.45, 2.75) is 53.9 Å². The Labute approximate surface area is 107 Å². The van der Waals surface area contributed by atoms with Crippen LogP contribution in [0, 0.1) is 23.7 Å². The molecule has 17 heavy (non-hydrogen) atoms. The molecule has 1 aliphatic heterocycles. The Hall–Kier alpha value is -0.970. The highest BCUT2D eigenvalue weighted by Crippen LogP contribution is 2.17. The molecule has 1 fully saturated rings. The normalized spacial score (nSPS) is 15.8. The zero-order chi connectivity index (χ0) is 13.3. The molecule has 0 N–H and O–H groups in total. The summed E-state index contributed by atoms with van der Waals surface area (Å²) in [6.45, 7) is 11.9. The first-order valence-electron chi connectivity index (χ1n) is 6.83. The molecular weight excluding hydrogens is 210 g/mol. The van der Waals surface area contributed by atoms with Gasteiger partial charge in [0.2, 0.25) is 5.91 Å². The number of rotatable bonds is 2. The molecule has 1 saturated heterocycles. The van der Waals surface area contributed by atoms with E-state index >= 15 is 0 Å². The second-order valence-electron chi connectivity index (χ2n) is 4.65. The Kier molecular flexibility index (Phi) is 8.58. The Morgan fingerprint density at radius 3 is 2.24 bits per heavy atom. The number of carbonyl (C=O) groups is 1. The van der Waals surface area contributed by atoms with Crippen LogP contribution in [0.3, 0.4) is 0 Å². The molecule has 2 nitrogen and oxygen atoms in total. The average Bonchev–Trinajstić information content (AvgIpc) is 2.32. The van der Waals surface area contributed by atoms with E-state index in [4.69, 9.17) is 0 Å². The summed E-state index contributed by atoms with van der Waals surface area (Å²) in [4.78, 5) is 13.8. The number of likely N-dealkylation sites (tertiary alicyclic amines) is 1. The molecule has 98 valence electrons. The van der Waals surface area contributed by atoms with Gasteiger partial charge in [0.1, 0.15) is 0 Å². The number of hydrogen-bond acceptors (Lipinski definition) is 1. The van der Waals surface area contributed by atoms with Gasteiger partial charge >= 0.3 is 0 Å². The lowest BCUT2D eigenvalue weighted by Crippen LogP contribution is -2.38. The maximum absolute atomic E-state index is 11.8. The van der Waals surface area contributed by atoms with Crippen molar-refractivity contribution in [3.8, 4) is 11.8 Å². The van der Waals surface area contributed by atoms with Crippen LogP contribution in [0.2, 0.25) is 0 Å². The van der Waals surface area contributed by atoms with Gasteiger partial charge in [-0.25, -0.2) is 0 Å². The molecule has 0 saturated carbocycles. The quantitative estimate of drug-likeness (QED) is 0.675. The molecule has 0 aromatic rings. The van der Waals surface area contributed by atoms with Crippen molar-refractivity contribution in [3.63, 3.8) is 0 Å². The average molecular weight is 237 g/mol. The van der Waals surface area contributed by atoms with E-state index in [1.165, 1.54) is 0 Å². The van der Waals surface area contributed by atoms with Crippen LogP contribution in [0.25, 0.3) is 0 Å². The molecule has 0 spiro atoms. The fourth-order valence-corrected chi connectivity index (χ4v) is 1.96. The van der Waals surface area contributed by atoms with Crippen LogP contribution < -0.4 is 0 Å². The summed E-state index contributed by atoms with van der Waals surface area (Å²) < 4.78 is 0. The number of piperidine rings is 1. The van der Waals surface area contributed by atoms with Crippen LogP contribution in [-0.2, 0) is 4.79 Å². The molecule has 2 heteroatoms. The third-order valence-corrected chi connectivity index (χ3v) is 2.78. The van der Waals surface area contributed by atoms with Gasteiger partial charge in [-0.05, 0) is 25.7 Å². The smallest absolute Gasteiger partial charge is 0.222 e. The summed E-state index contributed by atoms with van der Waals surface area (Å²) in [7, 11) is 0. The van der Waals surface area contributed by atoms with E-state index in [0.717, 1.165) is 25.9 Å². The van der Waals surface area contributed by atoms with Crippen LogP contribution in [0.15, 0.2) is 0 Å². The van der Waals surface area contributed by atoms with Gasteiger partial charge in [0.15, 0.2) is 0 Å². The van der Waals surface area contributed by atoms with Gasteiger partial charge in [-0.1, -0.05) is 27.7 Å². The first-order valence-corrected chi connectivity index (χ1v) is 6.83. The molecule has 1 rings (SSSR count). The van der Waals surface area contributed by atoms with Gasteiger partial charge in [0.05, 0.1) is 0 Å². The molecule has 0 radical (unpaired) electrons. The molecule has 0 aromatic carbocycles. The Bertz CT molecular complexity index is 264. The topological polar surface area (TPSA) is 20.3 Å². The number of amides is 1. The van der Waals surface area contributed by atoms with Crippen molar-refractivity contribution >= 4 is 5.91 Å². The number of carbonyl (C=O) groups excluding carboxylic acids is 1. The lowest BCUT2D eigenvalue weighted by Gasteiger charge is -2.30. The Morgan fingerprint density at radius 2 is 1.82 bits per heavy atom. The minimum Gasteiger partial charge on any atom is -0.343 e. The van der Waals surface area contributed by atoms with Gasteiger partial charge in [0.25, 0.3) is 0 Å². The number of hydrogen-bond donors (Lipinski definition) is 0. The summed E-state index contributed by atoms with van der Waals surface area (Å²) in [5.74, 6) is 7.45. The highest BCUT2D eigenvalue weighted by Gasteiger charge is 2.21. The van der Waals surface area contributed by atoms with E-state index in [1.54, 1.807) is 0 Å². The van der Waals surface area contributed by atoms with E-state index in [-0.39, 0.29) is 0 Å². The molecule has 0 bridgehead atoms. The third kappa shape index (κ3) is 6.36. The monoisotopic (exact) mass is 237 g/mol. The summed E-state index contributed by atoms with van der Waals surface area (Å²) in [5, 5.41) is 0. The molecule has 1 amide bonds. The van der Waals surface area contributed by atoms with E-state index in [9.17, 15) is 4.79 Å². The van der Waals surface area contributed by atoms with Gasteiger partial charge in [0, 0.05) is 25.4 Å². The molecule has 0 atom stereocenters. The van der Waals surface area contributed by atoms with Gasteiger partial charge < -0.3 is 4.90 Å². The number of nitrogens with zero attached hydrogens (tertiary/aromatic N) is 1. The highest BCUT2D eigenvalue weighted by molar-refractivity contribution is 5.76. The van der Waals surface area contributed by atoms with Crippen molar-refractivity contribution in [3.05, 3.63) is 0 Å². The highest BCUT2D eigenvalue weighted by atomic mass is 16.2. The maximum Gasteiger partial charge on any atom is 0.222 e. The van der Waals surface area contributed by atoms with Gasteiger partial charge in [-0.15, -0.1) is 11.8 Å². The van der Waals surface area contributed by atoms with Crippen LogP contribution in [-0.4, -0.2) is 23.9 Å². The first-order chi connectivity index (χ1) is 8.13. The SMILES string of the molecule is CC.CC#CC1CCN(C(=O)CC(C)C)CC1. The zero-order valence-electron chi connectivity index (χ0n) is 12.0. The molecule has 0 aromatic heterocycles. The fourth-order valence-electron chi connectivity index (χ4n) is 1.96. The standard InChI is InChI=1S/C13H21NO.C2H6/c1-4-5-12-6-8-14(9-7-12)13(15)10-11(2)3;1-2/h11-12H,6-10H2,1-3H3;1-2H3. The Morgan fingerprint density at radius 1 is 1.29 bits per heavy atom. The van der Waals surface area contributed by atoms with Crippen LogP contribution >= 0.6 is 0 Å². The predicted molar refractivity (Wildman–Crippen MR) is 73.6 cm³/mol. The summed E-state index contributed by atoms with van der Waals surface area (Å²) in [6.07, 6.45) is 2.78. The maximum atomic E-state index is 11.8. The van der Waals surface area contributed by atoms with Crippen molar-refractivity contribution < 1.29 is 4.79 Å². The second kappa shape index (κ2) is 9.10. The minimum absolute atomic E-state index is 0.313. The molecule has 1 aliphatic rings. The van der Waals surface area contributed by atoms with Crippen molar-refractivity contribution in [1.82, 2.24) is 4.90 Å².